The van der Waals surface area contributed by atoms with Crippen molar-refractivity contribution in [2.24, 2.45) is 5.92 Å². The lowest BCUT2D eigenvalue weighted by atomic mass is 9.83. The normalized spacial score (nSPS) is 22.3. The maximum absolute atomic E-state index is 12.6. The standard InChI is InChI=1S/C19H28N6O2/c1-2-12-27-16-13-14(18(26)22-9-6-17-20-10-11-21-17)4-5-15(16)25-19-23-7-3-8-24-19/h3,7-8,10-11,14-16H,2,4-6,9,12-13H2,1H3,(H,20,21)(H,22,26)(H,23,24,25)/t14-,15+,16+/m0/s1. The second kappa shape index (κ2) is 10.0. The van der Waals surface area contributed by atoms with E-state index in [1.807, 2.05) is 0 Å². The minimum absolute atomic E-state index is 0.0247. The molecule has 0 radical (unpaired) electrons. The lowest BCUT2D eigenvalue weighted by molar-refractivity contribution is -0.128. The smallest absolute Gasteiger partial charge is 0.223 e. The minimum atomic E-state index is -0.0294. The van der Waals surface area contributed by atoms with E-state index in [0.717, 1.165) is 25.1 Å². The van der Waals surface area contributed by atoms with Crippen molar-refractivity contribution in [2.45, 2.75) is 51.2 Å². The number of hydrogen-bond acceptors (Lipinski definition) is 6. The van der Waals surface area contributed by atoms with Gasteiger partial charge in [0.25, 0.3) is 0 Å². The molecule has 146 valence electrons. The number of carbonyl (C=O) groups is 1. The largest absolute Gasteiger partial charge is 0.376 e. The monoisotopic (exact) mass is 372 g/mol. The number of ether oxygens (including phenoxy) is 1. The van der Waals surface area contributed by atoms with Crippen molar-refractivity contribution in [1.82, 2.24) is 25.3 Å². The average molecular weight is 372 g/mol. The molecule has 8 heteroatoms. The lowest BCUT2D eigenvalue weighted by Gasteiger charge is -2.35. The molecule has 2 aromatic heterocycles. The summed E-state index contributed by atoms with van der Waals surface area (Å²) < 4.78 is 6.05. The number of rotatable bonds is 9. The molecular formula is C19H28N6O2. The summed E-state index contributed by atoms with van der Waals surface area (Å²) in [7, 11) is 0. The summed E-state index contributed by atoms with van der Waals surface area (Å²) in [5, 5.41) is 6.40. The molecule has 0 aromatic carbocycles. The summed E-state index contributed by atoms with van der Waals surface area (Å²) in [6.45, 7) is 3.36. The molecule has 1 aliphatic carbocycles. The Morgan fingerprint density at radius 3 is 2.85 bits per heavy atom. The van der Waals surface area contributed by atoms with Crippen LogP contribution >= 0.6 is 0 Å². The van der Waals surface area contributed by atoms with Crippen molar-refractivity contribution >= 4 is 11.9 Å². The zero-order chi connectivity index (χ0) is 18.9. The third-order valence-electron chi connectivity index (χ3n) is 4.79. The van der Waals surface area contributed by atoms with Crippen LogP contribution in [0.2, 0.25) is 0 Å². The van der Waals surface area contributed by atoms with Crippen LogP contribution in [0.1, 0.15) is 38.4 Å². The molecule has 3 atom stereocenters. The van der Waals surface area contributed by atoms with E-state index in [4.69, 9.17) is 4.74 Å². The Morgan fingerprint density at radius 1 is 1.26 bits per heavy atom. The van der Waals surface area contributed by atoms with E-state index in [2.05, 4.69) is 37.5 Å². The van der Waals surface area contributed by atoms with E-state index in [0.29, 0.717) is 31.9 Å². The second-order valence-corrected chi connectivity index (χ2v) is 6.82. The van der Waals surface area contributed by atoms with E-state index < -0.39 is 0 Å². The van der Waals surface area contributed by atoms with Gasteiger partial charge in [0.15, 0.2) is 0 Å². The van der Waals surface area contributed by atoms with Crippen LogP contribution in [-0.4, -0.2) is 51.1 Å². The third-order valence-corrected chi connectivity index (χ3v) is 4.79. The highest BCUT2D eigenvalue weighted by atomic mass is 16.5. The van der Waals surface area contributed by atoms with Gasteiger partial charge in [0.2, 0.25) is 11.9 Å². The van der Waals surface area contributed by atoms with Crippen LogP contribution < -0.4 is 10.6 Å². The van der Waals surface area contributed by atoms with E-state index in [-0.39, 0.29) is 24.0 Å². The van der Waals surface area contributed by atoms with E-state index >= 15 is 0 Å². The molecule has 1 amide bonds. The quantitative estimate of drug-likeness (QED) is 0.621. The molecule has 0 spiro atoms. The number of hydrogen-bond donors (Lipinski definition) is 3. The summed E-state index contributed by atoms with van der Waals surface area (Å²) >= 11 is 0. The number of imidazole rings is 1. The van der Waals surface area contributed by atoms with Gasteiger partial charge in [-0.05, 0) is 31.7 Å². The van der Waals surface area contributed by atoms with Gasteiger partial charge in [0.05, 0.1) is 12.1 Å². The maximum Gasteiger partial charge on any atom is 0.223 e. The van der Waals surface area contributed by atoms with Gasteiger partial charge >= 0.3 is 0 Å². The molecule has 2 heterocycles. The first-order valence-electron chi connectivity index (χ1n) is 9.67. The van der Waals surface area contributed by atoms with Gasteiger partial charge in [0, 0.05) is 50.3 Å². The van der Waals surface area contributed by atoms with Gasteiger partial charge in [-0.15, -0.1) is 0 Å². The molecule has 0 saturated heterocycles. The Labute approximate surface area is 159 Å². The first-order chi connectivity index (χ1) is 13.3. The van der Waals surface area contributed by atoms with Crippen LogP contribution in [0.15, 0.2) is 30.9 Å². The number of nitrogens with one attached hydrogen (secondary N) is 3. The third kappa shape index (κ3) is 5.75. The zero-order valence-electron chi connectivity index (χ0n) is 15.7. The summed E-state index contributed by atoms with van der Waals surface area (Å²) in [5.41, 5.74) is 0. The van der Waals surface area contributed by atoms with Crippen molar-refractivity contribution in [3.05, 3.63) is 36.7 Å². The topological polar surface area (TPSA) is 105 Å². The molecule has 3 N–H and O–H groups in total. The van der Waals surface area contributed by atoms with E-state index in [1.165, 1.54) is 0 Å². The van der Waals surface area contributed by atoms with E-state index in [9.17, 15) is 4.79 Å². The number of amides is 1. The summed E-state index contributed by atoms with van der Waals surface area (Å²) in [5.74, 6) is 1.56. The Bertz CT molecular complexity index is 679. The lowest BCUT2D eigenvalue weighted by Crippen LogP contribution is -2.45. The van der Waals surface area contributed by atoms with Crippen LogP contribution in [0.3, 0.4) is 0 Å². The maximum atomic E-state index is 12.6. The zero-order valence-corrected chi connectivity index (χ0v) is 15.7. The summed E-state index contributed by atoms with van der Waals surface area (Å²) in [4.78, 5) is 28.3. The molecule has 0 unspecified atom stereocenters. The second-order valence-electron chi connectivity index (χ2n) is 6.82. The van der Waals surface area contributed by atoms with Crippen LogP contribution in [0.4, 0.5) is 5.95 Å². The number of aromatic amines is 1. The van der Waals surface area contributed by atoms with Crippen LogP contribution in [-0.2, 0) is 16.0 Å². The van der Waals surface area contributed by atoms with Gasteiger partial charge in [-0.3, -0.25) is 4.79 Å². The molecule has 27 heavy (non-hydrogen) atoms. The molecule has 1 fully saturated rings. The molecule has 8 nitrogen and oxygen atoms in total. The van der Waals surface area contributed by atoms with Crippen LogP contribution in [0, 0.1) is 5.92 Å². The van der Waals surface area contributed by atoms with Crippen LogP contribution in [0.25, 0.3) is 0 Å². The molecular weight excluding hydrogens is 344 g/mol. The first-order valence-corrected chi connectivity index (χ1v) is 9.67. The first kappa shape index (κ1) is 19.3. The Balaban J connectivity index is 1.51. The number of nitrogens with zero attached hydrogens (tertiary/aromatic N) is 3. The van der Waals surface area contributed by atoms with Gasteiger partial charge in [-0.1, -0.05) is 6.92 Å². The van der Waals surface area contributed by atoms with Gasteiger partial charge in [-0.2, -0.15) is 0 Å². The summed E-state index contributed by atoms with van der Waals surface area (Å²) in [6.07, 6.45) is 11.0. The highest BCUT2D eigenvalue weighted by molar-refractivity contribution is 5.78. The molecule has 3 rings (SSSR count). The predicted molar refractivity (Wildman–Crippen MR) is 102 cm³/mol. The number of anilines is 1. The molecule has 0 aliphatic heterocycles. The fraction of sp³-hybridized carbons (Fsp3) is 0.579. The Hall–Kier alpha value is -2.48. The minimum Gasteiger partial charge on any atom is -0.376 e. The molecule has 0 bridgehead atoms. The van der Waals surface area contributed by atoms with Crippen molar-refractivity contribution in [2.75, 3.05) is 18.5 Å². The fourth-order valence-electron chi connectivity index (χ4n) is 3.41. The molecule has 1 aliphatic rings. The Morgan fingerprint density at radius 2 is 2.11 bits per heavy atom. The highest BCUT2D eigenvalue weighted by Crippen LogP contribution is 2.29. The molecule has 2 aromatic rings. The predicted octanol–water partition coefficient (Wildman–Crippen LogP) is 1.93. The fourth-order valence-corrected chi connectivity index (χ4v) is 3.41. The SMILES string of the molecule is CCCO[C@@H]1C[C@@H](C(=O)NCCc2ncc[nH]2)CC[C@H]1Nc1ncccn1. The summed E-state index contributed by atoms with van der Waals surface area (Å²) in [6, 6.07) is 1.91. The van der Waals surface area contributed by atoms with Gasteiger partial charge < -0.3 is 20.4 Å². The van der Waals surface area contributed by atoms with Gasteiger partial charge in [-0.25, -0.2) is 15.0 Å². The van der Waals surface area contributed by atoms with Crippen molar-refractivity contribution in [1.29, 1.82) is 0 Å². The number of carbonyl (C=O) groups excluding carboxylic acids is 1. The van der Waals surface area contributed by atoms with Crippen molar-refractivity contribution < 1.29 is 9.53 Å². The Kier molecular flexibility index (Phi) is 7.15. The highest BCUT2D eigenvalue weighted by Gasteiger charge is 2.34. The van der Waals surface area contributed by atoms with Crippen molar-refractivity contribution in [3.8, 4) is 0 Å². The molecule has 1 saturated carbocycles. The number of H-pyrrole nitrogens is 1. The van der Waals surface area contributed by atoms with E-state index in [1.54, 1.807) is 30.9 Å². The van der Waals surface area contributed by atoms with Crippen LogP contribution in [0.5, 0.6) is 0 Å². The number of aromatic nitrogens is 4. The van der Waals surface area contributed by atoms with Gasteiger partial charge in [0.1, 0.15) is 5.82 Å². The average Bonchev–Trinajstić information content (AvgIpc) is 3.21. The van der Waals surface area contributed by atoms with Crippen molar-refractivity contribution in [3.63, 3.8) is 0 Å².